The van der Waals surface area contributed by atoms with Gasteiger partial charge in [0, 0.05) is 17.1 Å². The molecule has 1 aromatic carbocycles. The molecule has 0 aliphatic rings. The van der Waals surface area contributed by atoms with E-state index < -0.39 is 0 Å². The maximum Gasteiger partial charge on any atom is 0.101 e. The standard InChI is InChI=1S/C15H17ClN2S/c1-3-17-11(2)12-8-9-18-15(10-12)19-14-7-5-4-6-13(14)16/h4-11,17H,3H2,1-2H3. The molecule has 0 spiro atoms. The molecule has 0 aliphatic heterocycles. The van der Waals surface area contributed by atoms with Crippen molar-refractivity contribution in [1.29, 1.82) is 0 Å². The van der Waals surface area contributed by atoms with Gasteiger partial charge in [0.2, 0.25) is 0 Å². The molecule has 0 aliphatic carbocycles. The zero-order valence-electron chi connectivity index (χ0n) is 11.1. The molecule has 19 heavy (non-hydrogen) atoms. The molecule has 4 heteroatoms. The van der Waals surface area contributed by atoms with E-state index >= 15 is 0 Å². The van der Waals surface area contributed by atoms with Crippen molar-refractivity contribution in [2.24, 2.45) is 0 Å². The monoisotopic (exact) mass is 292 g/mol. The third-order valence-electron chi connectivity index (χ3n) is 2.82. The van der Waals surface area contributed by atoms with Gasteiger partial charge in [-0.1, -0.05) is 42.4 Å². The van der Waals surface area contributed by atoms with Crippen molar-refractivity contribution < 1.29 is 0 Å². The summed E-state index contributed by atoms with van der Waals surface area (Å²) in [6.07, 6.45) is 1.85. The van der Waals surface area contributed by atoms with Crippen LogP contribution in [-0.2, 0) is 0 Å². The topological polar surface area (TPSA) is 24.9 Å². The first-order valence-corrected chi connectivity index (χ1v) is 7.52. The SMILES string of the molecule is CCNC(C)c1ccnc(Sc2ccccc2Cl)c1. The molecular formula is C15H17ClN2S. The van der Waals surface area contributed by atoms with Gasteiger partial charge in [-0.3, -0.25) is 0 Å². The van der Waals surface area contributed by atoms with Crippen LogP contribution < -0.4 is 5.32 Å². The first kappa shape index (κ1) is 14.4. The fourth-order valence-electron chi connectivity index (χ4n) is 1.81. The van der Waals surface area contributed by atoms with Gasteiger partial charge in [0.25, 0.3) is 0 Å². The minimum Gasteiger partial charge on any atom is -0.310 e. The molecule has 2 rings (SSSR count). The van der Waals surface area contributed by atoms with Gasteiger partial charge in [-0.2, -0.15) is 0 Å². The van der Waals surface area contributed by atoms with Gasteiger partial charge in [0.15, 0.2) is 0 Å². The molecule has 0 saturated carbocycles. The fraction of sp³-hybridized carbons (Fsp3) is 0.267. The Bertz CT molecular complexity index is 545. The molecule has 1 heterocycles. The number of aromatic nitrogens is 1. The van der Waals surface area contributed by atoms with Gasteiger partial charge < -0.3 is 5.32 Å². The van der Waals surface area contributed by atoms with Gasteiger partial charge in [-0.05, 0) is 43.3 Å². The number of benzene rings is 1. The van der Waals surface area contributed by atoms with E-state index in [1.54, 1.807) is 11.8 Å². The second-order valence-corrected chi connectivity index (χ2v) is 5.71. The minimum atomic E-state index is 0.332. The van der Waals surface area contributed by atoms with E-state index in [1.807, 2.05) is 36.5 Å². The summed E-state index contributed by atoms with van der Waals surface area (Å²) in [4.78, 5) is 5.43. The van der Waals surface area contributed by atoms with E-state index in [9.17, 15) is 0 Å². The molecule has 1 aromatic heterocycles. The Morgan fingerprint density at radius 3 is 2.84 bits per heavy atom. The first-order chi connectivity index (χ1) is 9.20. The second-order valence-electron chi connectivity index (χ2n) is 4.24. The van der Waals surface area contributed by atoms with Crippen molar-refractivity contribution in [2.45, 2.75) is 29.8 Å². The van der Waals surface area contributed by atoms with E-state index in [0.29, 0.717) is 6.04 Å². The smallest absolute Gasteiger partial charge is 0.101 e. The summed E-state index contributed by atoms with van der Waals surface area (Å²) in [5.74, 6) is 0. The van der Waals surface area contributed by atoms with Crippen molar-refractivity contribution in [3.63, 3.8) is 0 Å². The zero-order valence-corrected chi connectivity index (χ0v) is 12.6. The summed E-state index contributed by atoms with van der Waals surface area (Å²) >= 11 is 7.76. The van der Waals surface area contributed by atoms with Crippen molar-refractivity contribution in [3.05, 3.63) is 53.2 Å². The quantitative estimate of drug-likeness (QED) is 0.874. The van der Waals surface area contributed by atoms with Gasteiger partial charge in [-0.25, -0.2) is 4.98 Å². The number of nitrogens with one attached hydrogen (secondary N) is 1. The van der Waals surface area contributed by atoms with Gasteiger partial charge in [-0.15, -0.1) is 0 Å². The lowest BCUT2D eigenvalue weighted by atomic mass is 10.1. The van der Waals surface area contributed by atoms with Crippen LogP contribution >= 0.6 is 23.4 Å². The lowest BCUT2D eigenvalue weighted by Gasteiger charge is -2.13. The largest absolute Gasteiger partial charge is 0.310 e. The highest BCUT2D eigenvalue weighted by Crippen LogP contribution is 2.32. The zero-order chi connectivity index (χ0) is 13.7. The molecule has 2 nitrogen and oxygen atoms in total. The molecule has 1 N–H and O–H groups in total. The van der Waals surface area contributed by atoms with E-state index in [1.165, 1.54) is 5.56 Å². The molecule has 0 fully saturated rings. The van der Waals surface area contributed by atoms with E-state index in [-0.39, 0.29) is 0 Å². The summed E-state index contributed by atoms with van der Waals surface area (Å²) in [5, 5.41) is 5.13. The number of pyridine rings is 1. The highest BCUT2D eigenvalue weighted by molar-refractivity contribution is 7.99. The molecule has 0 amide bonds. The maximum absolute atomic E-state index is 6.17. The van der Waals surface area contributed by atoms with Crippen LogP contribution in [0.4, 0.5) is 0 Å². The summed E-state index contributed by atoms with van der Waals surface area (Å²) in [7, 11) is 0. The van der Waals surface area contributed by atoms with E-state index in [0.717, 1.165) is 21.5 Å². The highest BCUT2D eigenvalue weighted by atomic mass is 35.5. The van der Waals surface area contributed by atoms with E-state index in [4.69, 9.17) is 11.6 Å². The van der Waals surface area contributed by atoms with Gasteiger partial charge >= 0.3 is 0 Å². The third kappa shape index (κ3) is 3.96. The number of halogens is 1. The molecule has 0 bridgehead atoms. The molecule has 1 atom stereocenters. The van der Waals surface area contributed by atoms with Crippen LogP contribution in [0.1, 0.15) is 25.5 Å². The van der Waals surface area contributed by atoms with Crippen LogP contribution in [0.3, 0.4) is 0 Å². The maximum atomic E-state index is 6.17. The van der Waals surface area contributed by atoms with Crippen LogP contribution in [-0.4, -0.2) is 11.5 Å². The first-order valence-electron chi connectivity index (χ1n) is 6.32. The van der Waals surface area contributed by atoms with Crippen molar-refractivity contribution in [1.82, 2.24) is 10.3 Å². The predicted molar refractivity (Wildman–Crippen MR) is 81.9 cm³/mol. The number of hydrogen-bond acceptors (Lipinski definition) is 3. The molecule has 2 aromatic rings. The van der Waals surface area contributed by atoms with Crippen molar-refractivity contribution in [3.8, 4) is 0 Å². The Morgan fingerprint density at radius 1 is 1.32 bits per heavy atom. The van der Waals surface area contributed by atoms with Crippen LogP contribution in [0, 0.1) is 0 Å². The van der Waals surface area contributed by atoms with Gasteiger partial charge in [0.1, 0.15) is 5.03 Å². The Balaban J connectivity index is 2.18. The van der Waals surface area contributed by atoms with Crippen LogP contribution in [0.5, 0.6) is 0 Å². The predicted octanol–water partition coefficient (Wildman–Crippen LogP) is 4.56. The Labute approximate surface area is 123 Å². The summed E-state index contributed by atoms with van der Waals surface area (Å²) in [6.45, 7) is 5.22. The summed E-state index contributed by atoms with van der Waals surface area (Å²) in [5.41, 5.74) is 1.24. The number of hydrogen-bond donors (Lipinski definition) is 1. The van der Waals surface area contributed by atoms with Crippen LogP contribution in [0.2, 0.25) is 5.02 Å². The van der Waals surface area contributed by atoms with Crippen LogP contribution in [0.15, 0.2) is 52.5 Å². The number of nitrogens with zero attached hydrogens (tertiary/aromatic N) is 1. The average Bonchev–Trinajstić information content (AvgIpc) is 2.42. The van der Waals surface area contributed by atoms with Crippen molar-refractivity contribution in [2.75, 3.05) is 6.54 Å². The number of rotatable bonds is 5. The average molecular weight is 293 g/mol. The molecule has 100 valence electrons. The molecule has 0 saturated heterocycles. The summed E-state index contributed by atoms with van der Waals surface area (Å²) in [6, 6.07) is 12.3. The van der Waals surface area contributed by atoms with E-state index in [2.05, 4.69) is 30.2 Å². The minimum absolute atomic E-state index is 0.332. The lowest BCUT2D eigenvalue weighted by molar-refractivity contribution is 0.596. The third-order valence-corrected chi connectivity index (χ3v) is 4.27. The molecular weight excluding hydrogens is 276 g/mol. The highest BCUT2D eigenvalue weighted by Gasteiger charge is 2.07. The lowest BCUT2D eigenvalue weighted by Crippen LogP contribution is -2.17. The summed E-state index contributed by atoms with van der Waals surface area (Å²) < 4.78 is 0. The van der Waals surface area contributed by atoms with Gasteiger partial charge in [0.05, 0.1) is 5.02 Å². The Kier molecular flexibility index (Phi) is 5.25. The second kappa shape index (κ2) is 6.94. The fourth-order valence-corrected chi connectivity index (χ4v) is 2.91. The Morgan fingerprint density at radius 2 is 2.11 bits per heavy atom. The van der Waals surface area contributed by atoms with Crippen molar-refractivity contribution >= 4 is 23.4 Å². The Hall–Kier alpha value is -1.03. The molecule has 1 unspecified atom stereocenters. The van der Waals surface area contributed by atoms with Crippen LogP contribution in [0.25, 0.3) is 0 Å². The normalized spacial score (nSPS) is 12.4. The molecule has 0 radical (unpaired) electrons.